The van der Waals surface area contributed by atoms with Gasteiger partial charge in [0.15, 0.2) is 0 Å². The molecule has 0 atom stereocenters. The van der Waals surface area contributed by atoms with E-state index in [1.807, 2.05) is 33.6 Å². The van der Waals surface area contributed by atoms with E-state index >= 15 is 0 Å². The SMILES string of the molecule is NC1CC(Nc2ncc3c(-c4ccc5nccn5c4)ccn3n2)C1. The summed E-state index contributed by atoms with van der Waals surface area (Å²) in [6, 6.07) is 6.83. The molecule has 7 heteroatoms. The van der Waals surface area contributed by atoms with Crippen LogP contribution in [0, 0.1) is 0 Å². The van der Waals surface area contributed by atoms with Crippen molar-refractivity contribution in [2.75, 3.05) is 5.32 Å². The highest BCUT2D eigenvalue weighted by molar-refractivity contribution is 5.80. The topological polar surface area (TPSA) is 85.5 Å². The Morgan fingerprint density at radius 1 is 1.12 bits per heavy atom. The quantitative estimate of drug-likeness (QED) is 0.603. The second-order valence-electron chi connectivity index (χ2n) is 6.32. The molecule has 0 saturated heterocycles. The van der Waals surface area contributed by atoms with Gasteiger partial charge < -0.3 is 15.5 Å². The molecule has 0 aliphatic heterocycles. The maximum atomic E-state index is 5.82. The Hall–Kier alpha value is -2.93. The fraction of sp³-hybridized carbons (Fsp3) is 0.235. The number of rotatable bonds is 3. The minimum absolute atomic E-state index is 0.308. The van der Waals surface area contributed by atoms with Crippen molar-refractivity contribution < 1.29 is 0 Å². The van der Waals surface area contributed by atoms with Crippen molar-refractivity contribution in [3.05, 3.63) is 49.2 Å². The van der Waals surface area contributed by atoms with Crippen molar-refractivity contribution in [2.45, 2.75) is 24.9 Å². The van der Waals surface area contributed by atoms with E-state index in [1.165, 1.54) is 0 Å². The minimum Gasteiger partial charge on any atom is -0.350 e. The van der Waals surface area contributed by atoms with Gasteiger partial charge in [0.1, 0.15) is 5.65 Å². The number of aromatic nitrogens is 5. The molecular formula is C17H17N7. The molecule has 3 N–H and O–H groups in total. The van der Waals surface area contributed by atoms with E-state index in [4.69, 9.17) is 5.73 Å². The highest BCUT2D eigenvalue weighted by Crippen LogP contribution is 2.26. The molecule has 0 bridgehead atoms. The summed E-state index contributed by atoms with van der Waals surface area (Å²) in [6.07, 6.45) is 11.6. The van der Waals surface area contributed by atoms with Crippen LogP contribution in [0.1, 0.15) is 12.8 Å². The average Bonchev–Trinajstić information content (AvgIpc) is 3.18. The molecule has 0 aromatic carbocycles. The van der Waals surface area contributed by atoms with Gasteiger partial charge in [-0.25, -0.2) is 14.5 Å². The molecular weight excluding hydrogens is 302 g/mol. The van der Waals surface area contributed by atoms with E-state index in [2.05, 4.69) is 38.7 Å². The molecule has 0 radical (unpaired) electrons. The van der Waals surface area contributed by atoms with Crippen LogP contribution in [0.4, 0.5) is 5.95 Å². The maximum absolute atomic E-state index is 5.82. The van der Waals surface area contributed by atoms with Crippen molar-refractivity contribution in [3.63, 3.8) is 0 Å². The molecule has 1 aliphatic carbocycles. The molecule has 1 saturated carbocycles. The van der Waals surface area contributed by atoms with E-state index in [0.717, 1.165) is 35.1 Å². The molecule has 24 heavy (non-hydrogen) atoms. The van der Waals surface area contributed by atoms with E-state index in [1.54, 1.807) is 6.20 Å². The fourth-order valence-corrected chi connectivity index (χ4v) is 3.25. The van der Waals surface area contributed by atoms with Crippen LogP contribution in [0.2, 0.25) is 0 Å². The molecule has 7 nitrogen and oxygen atoms in total. The third kappa shape index (κ3) is 2.13. The zero-order valence-electron chi connectivity index (χ0n) is 13.0. The van der Waals surface area contributed by atoms with Gasteiger partial charge in [-0.05, 0) is 31.0 Å². The average molecular weight is 319 g/mol. The summed E-state index contributed by atoms with van der Waals surface area (Å²) in [6.45, 7) is 0. The number of nitrogens with one attached hydrogen (secondary N) is 1. The molecule has 4 aromatic rings. The lowest BCUT2D eigenvalue weighted by atomic mass is 9.88. The standard InChI is InChI=1S/C17H17N7/c18-12-7-13(8-12)21-17-20-9-15-14(3-5-24(15)22-17)11-1-2-16-19-4-6-23(16)10-11/h1-6,9-10,12-13H,7-8,18H2,(H,21,22). The molecule has 1 fully saturated rings. The van der Waals surface area contributed by atoms with Gasteiger partial charge in [-0.1, -0.05) is 0 Å². The van der Waals surface area contributed by atoms with Crippen LogP contribution in [0.3, 0.4) is 0 Å². The number of hydrogen-bond acceptors (Lipinski definition) is 5. The predicted octanol–water partition coefficient (Wildman–Crippen LogP) is 1.95. The molecule has 0 unspecified atom stereocenters. The lowest BCUT2D eigenvalue weighted by Crippen LogP contribution is -2.44. The predicted molar refractivity (Wildman–Crippen MR) is 91.8 cm³/mol. The van der Waals surface area contributed by atoms with Crippen LogP contribution in [0.5, 0.6) is 0 Å². The molecule has 1 aliphatic rings. The monoisotopic (exact) mass is 319 g/mol. The van der Waals surface area contributed by atoms with Gasteiger partial charge in [-0.2, -0.15) is 0 Å². The third-order valence-electron chi connectivity index (χ3n) is 4.62. The summed E-state index contributed by atoms with van der Waals surface area (Å²) in [5, 5.41) is 7.89. The first-order valence-electron chi connectivity index (χ1n) is 8.06. The summed E-state index contributed by atoms with van der Waals surface area (Å²) in [5.41, 5.74) is 9.94. The molecule has 5 rings (SSSR count). The van der Waals surface area contributed by atoms with Crippen LogP contribution < -0.4 is 11.1 Å². The van der Waals surface area contributed by atoms with Gasteiger partial charge in [-0.15, -0.1) is 5.10 Å². The maximum Gasteiger partial charge on any atom is 0.241 e. The Balaban J connectivity index is 1.50. The minimum atomic E-state index is 0.308. The summed E-state index contributed by atoms with van der Waals surface area (Å²) in [5.74, 6) is 0.645. The van der Waals surface area contributed by atoms with Gasteiger partial charge in [0.05, 0.1) is 11.7 Å². The lowest BCUT2D eigenvalue weighted by molar-refractivity contribution is 0.371. The third-order valence-corrected chi connectivity index (χ3v) is 4.62. The second-order valence-corrected chi connectivity index (χ2v) is 6.32. The summed E-state index contributed by atoms with van der Waals surface area (Å²) in [7, 11) is 0. The summed E-state index contributed by atoms with van der Waals surface area (Å²) >= 11 is 0. The zero-order chi connectivity index (χ0) is 16.1. The van der Waals surface area contributed by atoms with Crippen molar-refractivity contribution >= 4 is 17.1 Å². The highest BCUT2D eigenvalue weighted by Gasteiger charge is 2.26. The first kappa shape index (κ1) is 13.5. The first-order valence-corrected chi connectivity index (χ1v) is 8.06. The van der Waals surface area contributed by atoms with E-state index in [9.17, 15) is 0 Å². The van der Waals surface area contributed by atoms with Crippen LogP contribution in [0.25, 0.3) is 22.3 Å². The van der Waals surface area contributed by atoms with Crippen LogP contribution in [-0.4, -0.2) is 36.1 Å². The Labute approximate surface area is 138 Å². The normalized spacial score (nSPS) is 20.4. The van der Waals surface area contributed by atoms with Gasteiger partial charge in [0.2, 0.25) is 5.95 Å². The summed E-state index contributed by atoms with van der Waals surface area (Å²) < 4.78 is 3.87. The number of fused-ring (bicyclic) bond motifs is 2. The van der Waals surface area contributed by atoms with Gasteiger partial charge >= 0.3 is 0 Å². The molecule has 4 heterocycles. The number of anilines is 1. The van der Waals surface area contributed by atoms with Gasteiger partial charge in [0.25, 0.3) is 0 Å². The van der Waals surface area contributed by atoms with Crippen LogP contribution in [0.15, 0.2) is 49.2 Å². The number of imidazole rings is 1. The van der Waals surface area contributed by atoms with Crippen molar-refractivity contribution in [1.82, 2.24) is 24.0 Å². The van der Waals surface area contributed by atoms with Crippen molar-refractivity contribution in [2.24, 2.45) is 5.73 Å². The number of pyridine rings is 1. The first-order chi connectivity index (χ1) is 11.8. The molecule has 120 valence electrons. The van der Waals surface area contributed by atoms with E-state index in [0.29, 0.717) is 18.0 Å². The molecule has 0 spiro atoms. The lowest BCUT2D eigenvalue weighted by Gasteiger charge is -2.32. The van der Waals surface area contributed by atoms with Crippen LogP contribution >= 0.6 is 0 Å². The van der Waals surface area contributed by atoms with Gasteiger partial charge in [-0.3, -0.25) is 0 Å². The van der Waals surface area contributed by atoms with Crippen LogP contribution in [-0.2, 0) is 0 Å². The van der Waals surface area contributed by atoms with Gasteiger partial charge in [0, 0.05) is 48.0 Å². The van der Waals surface area contributed by atoms with E-state index < -0.39 is 0 Å². The Kier molecular flexibility index (Phi) is 2.83. The summed E-state index contributed by atoms with van der Waals surface area (Å²) in [4.78, 5) is 8.74. The second kappa shape index (κ2) is 5.04. The zero-order valence-corrected chi connectivity index (χ0v) is 13.0. The Morgan fingerprint density at radius 3 is 2.92 bits per heavy atom. The van der Waals surface area contributed by atoms with Crippen molar-refractivity contribution in [1.29, 1.82) is 0 Å². The number of nitrogens with zero attached hydrogens (tertiary/aromatic N) is 5. The Morgan fingerprint density at radius 2 is 2.04 bits per heavy atom. The molecule has 0 amide bonds. The van der Waals surface area contributed by atoms with Crippen molar-refractivity contribution in [3.8, 4) is 11.1 Å². The molecule has 4 aromatic heterocycles. The smallest absolute Gasteiger partial charge is 0.241 e. The largest absolute Gasteiger partial charge is 0.350 e. The Bertz CT molecular complexity index is 1030. The number of hydrogen-bond donors (Lipinski definition) is 2. The highest BCUT2D eigenvalue weighted by atomic mass is 15.3. The number of nitrogens with two attached hydrogens (primary N) is 1. The fourth-order valence-electron chi connectivity index (χ4n) is 3.25. The van der Waals surface area contributed by atoms with E-state index in [-0.39, 0.29) is 0 Å².